The molecule has 0 amide bonds. The molecule has 2 N–H and O–H groups in total. The predicted molar refractivity (Wildman–Crippen MR) is 46.6 cm³/mol. The summed E-state index contributed by atoms with van der Waals surface area (Å²) in [6, 6.07) is 0. The van der Waals surface area contributed by atoms with E-state index in [1.165, 1.54) is 0 Å². The zero-order chi connectivity index (χ0) is 9.15. The van der Waals surface area contributed by atoms with Crippen molar-refractivity contribution in [3.63, 3.8) is 0 Å². The molecule has 2 aliphatic carbocycles. The molecule has 2 aliphatic rings. The van der Waals surface area contributed by atoms with Crippen LogP contribution in [0.15, 0.2) is 0 Å². The average molecular weight is 170 g/mol. The summed E-state index contributed by atoms with van der Waals surface area (Å²) in [6.07, 6.45) is 1.13. The molecule has 0 spiro atoms. The Kier molecular flexibility index (Phi) is 1.45. The van der Waals surface area contributed by atoms with Crippen molar-refractivity contribution in [1.29, 1.82) is 0 Å². The lowest BCUT2D eigenvalue weighted by atomic mass is 9.85. The first kappa shape index (κ1) is 8.52. The number of aliphatic hydroxyl groups is 2. The van der Waals surface area contributed by atoms with Crippen molar-refractivity contribution in [2.45, 2.75) is 45.3 Å². The molecule has 0 aromatic heterocycles. The second-order valence-corrected chi connectivity index (χ2v) is 5.43. The highest BCUT2D eigenvalue weighted by molar-refractivity contribution is 5.13. The number of rotatable bonds is 0. The molecule has 2 nitrogen and oxygen atoms in total. The molecule has 2 fully saturated rings. The van der Waals surface area contributed by atoms with E-state index in [9.17, 15) is 10.2 Å². The van der Waals surface area contributed by atoms with Crippen LogP contribution in [0, 0.1) is 17.3 Å². The molecule has 70 valence electrons. The Morgan fingerprint density at radius 1 is 1.17 bits per heavy atom. The van der Waals surface area contributed by atoms with Crippen molar-refractivity contribution in [3.05, 3.63) is 0 Å². The molecule has 0 radical (unpaired) electrons. The van der Waals surface area contributed by atoms with Crippen molar-refractivity contribution in [2.75, 3.05) is 0 Å². The van der Waals surface area contributed by atoms with Crippen molar-refractivity contribution in [2.24, 2.45) is 17.3 Å². The summed E-state index contributed by atoms with van der Waals surface area (Å²) in [5, 5.41) is 19.5. The number of hydrogen-bond acceptors (Lipinski definition) is 2. The van der Waals surface area contributed by atoms with E-state index in [1.807, 2.05) is 6.92 Å². The van der Waals surface area contributed by atoms with Gasteiger partial charge in [-0.1, -0.05) is 13.8 Å². The maximum atomic E-state index is 9.81. The molecule has 0 heterocycles. The minimum atomic E-state index is -0.631. The predicted octanol–water partition coefficient (Wildman–Crippen LogP) is 1.16. The molecule has 0 aromatic rings. The van der Waals surface area contributed by atoms with Gasteiger partial charge in [-0.05, 0) is 30.6 Å². The smallest absolute Gasteiger partial charge is 0.0647 e. The minimum absolute atomic E-state index is 0.264. The Morgan fingerprint density at radius 2 is 1.75 bits per heavy atom. The van der Waals surface area contributed by atoms with Crippen molar-refractivity contribution >= 4 is 0 Å². The largest absolute Gasteiger partial charge is 0.393 e. The van der Waals surface area contributed by atoms with Crippen molar-refractivity contribution in [1.82, 2.24) is 0 Å². The summed E-state index contributed by atoms with van der Waals surface area (Å²) in [5.74, 6) is 0.981. The third-order valence-electron chi connectivity index (χ3n) is 3.86. The molecule has 0 saturated heterocycles. The van der Waals surface area contributed by atoms with Crippen LogP contribution in [-0.2, 0) is 0 Å². The number of aliphatic hydroxyl groups excluding tert-OH is 1. The van der Waals surface area contributed by atoms with E-state index in [4.69, 9.17) is 0 Å². The Morgan fingerprint density at radius 3 is 2.25 bits per heavy atom. The van der Waals surface area contributed by atoms with Crippen LogP contribution in [0.25, 0.3) is 0 Å². The molecule has 0 aromatic carbocycles. The SMILES string of the molecule is CC1(O)CC(O)C2C(C1)C2(C)C. The quantitative estimate of drug-likeness (QED) is 0.573. The summed E-state index contributed by atoms with van der Waals surface area (Å²) in [6.45, 7) is 6.21. The van der Waals surface area contributed by atoms with Crippen molar-refractivity contribution < 1.29 is 10.2 Å². The van der Waals surface area contributed by atoms with E-state index in [2.05, 4.69) is 13.8 Å². The zero-order valence-corrected chi connectivity index (χ0v) is 8.04. The molecule has 12 heavy (non-hydrogen) atoms. The Labute approximate surface area is 73.6 Å². The average Bonchev–Trinajstić information content (AvgIpc) is 2.30. The summed E-state index contributed by atoms with van der Waals surface area (Å²) >= 11 is 0. The molecule has 0 bridgehead atoms. The van der Waals surface area contributed by atoms with E-state index in [1.54, 1.807) is 0 Å². The molecule has 4 unspecified atom stereocenters. The fourth-order valence-electron chi connectivity index (χ4n) is 3.08. The first-order valence-corrected chi connectivity index (χ1v) is 4.75. The first-order valence-electron chi connectivity index (χ1n) is 4.75. The standard InChI is InChI=1S/C10H18O2/c1-9(2)6-4-10(3,12)5-7(11)8(6)9/h6-8,11-12H,4-5H2,1-3H3. The fourth-order valence-corrected chi connectivity index (χ4v) is 3.08. The van der Waals surface area contributed by atoms with Gasteiger partial charge in [0.1, 0.15) is 0 Å². The van der Waals surface area contributed by atoms with Crippen LogP contribution < -0.4 is 0 Å². The van der Waals surface area contributed by atoms with Gasteiger partial charge in [-0.3, -0.25) is 0 Å². The van der Waals surface area contributed by atoms with Crippen LogP contribution >= 0.6 is 0 Å². The van der Waals surface area contributed by atoms with Gasteiger partial charge in [0, 0.05) is 6.42 Å². The summed E-state index contributed by atoms with van der Waals surface area (Å²) < 4.78 is 0. The molecular formula is C10H18O2. The van der Waals surface area contributed by atoms with Gasteiger partial charge in [0.2, 0.25) is 0 Å². The van der Waals surface area contributed by atoms with Gasteiger partial charge in [-0.25, -0.2) is 0 Å². The van der Waals surface area contributed by atoms with Gasteiger partial charge in [-0.2, -0.15) is 0 Å². The van der Waals surface area contributed by atoms with Crippen LogP contribution in [0.2, 0.25) is 0 Å². The van der Waals surface area contributed by atoms with Gasteiger partial charge in [0.15, 0.2) is 0 Å². The normalized spacial score (nSPS) is 56.2. The summed E-state index contributed by atoms with van der Waals surface area (Å²) in [7, 11) is 0. The van der Waals surface area contributed by atoms with Crippen LogP contribution in [0.1, 0.15) is 33.6 Å². The summed E-state index contributed by atoms with van der Waals surface area (Å²) in [4.78, 5) is 0. The third kappa shape index (κ3) is 1.01. The van der Waals surface area contributed by atoms with Crippen LogP contribution in [-0.4, -0.2) is 21.9 Å². The van der Waals surface area contributed by atoms with Crippen molar-refractivity contribution in [3.8, 4) is 0 Å². The summed E-state index contributed by atoms with van der Waals surface area (Å²) in [5.41, 5.74) is -0.367. The highest BCUT2D eigenvalue weighted by atomic mass is 16.3. The van der Waals surface area contributed by atoms with Crippen LogP contribution in [0.5, 0.6) is 0 Å². The maximum Gasteiger partial charge on any atom is 0.0647 e. The first-order chi connectivity index (χ1) is 5.34. The number of fused-ring (bicyclic) bond motifs is 1. The molecule has 0 aliphatic heterocycles. The van der Waals surface area contributed by atoms with Gasteiger partial charge in [-0.15, -0.1) is 0 Å². The lowest BCUT2D eigenvalue weighted by molar-refractivity contribution is -0.0366. The molecular weight excluding hydrogens is 152 g/mol. The molecule has 2 saturated carbocycles. The molecule has 4 atom stereocenters. The topological polar surface area (TPSA) is 40.5 Å². The Balaban J connectivity index is 2.16. The highest BCUT2D eigenvalue weighted by Gasteiger charge is 2.65. The molecule has 2 rings (SSSR count). The van der Waals surface area contributed by atoms with E-state index in [0.29, 0.717) is 18.3 Å². The lowest BCUT2D eigenvalue weighted by Crippen LogP contribution is -2.35. The second-order valence-electron chi connectivity index (χ2n) is 5.43. The third-order valence-corrected chi connectivity index (χ3v) is 3.86. The maximum absolute atomic E-state index is 9.81. The fraction of sp³-hybridized carbons (Fsp3) is 1.00. The monoisotopic (exact) mass is 170 g/mol. The van der Waals surface area contributed by atoms with Crippen LogP contribution in [0.3, 0.4) is 0 Å². The van der Waals surface area contributed by atoms with Gasteiger partial charge >= 0.3 is 0 Å². The van der Waals surface area contributed by atoms with E-state index in [-0.39, 0.29) is 11.5 Å². The van der Waals surface area contributed by atoms with Gasteiger partial charge in [0.25, 0.3) is 0 Å². The lowest BCUT2D eigenvalue weighted by Gasteiger charge is -2.30. The van der Waals surface area contributed by atoms with Gasteiger partial charge < -0.3 is 10.2 Å². The number of hydrogen-bond donors (Lipinski definition) is 2. The van der Waals surface area contributed by atoms with E-state index >= 15 is 0 Å². The van der Waals surface area contributed by atoms with E-state index in [0.717, 1.165) is 6.42 Å². The zero-order valence-electron chi connectivity index (χ0n) is 8.04. The van der Waals surface area contributed by atoms with Gasteiger partial charge in [0.05, 0.1) is 11.7 Å². The Hall–Kier alpha value is -0.0800. The minimum Gasteiger partial charge on any atom is -0.393 e. The van der Waals surface area contributed by atoms with Crippen LogP contribution in [0.4, 0.5) is 0 Å². The Bertz CT molecular complexity index is 206. The van der Waals surface area contributed by atoms with E-state index < -0.39 is 5.60 Å². The molecule has 2 heteroatoms. The highest BCUT2D eigenvalue weighted by Crippen LogP contribution is 2.66. The second kappa shape index (κ2) is 2.05.